The molecule has 0 aliphatic carbocycles. The minimum atomic E-state index is -0.104. The van der Waals surface area contributed by atoms with Crippen molar-refractivity contribution in [3.05, 3.63) is 20.8 Å². The van der Waals surface area contributed by atoms with E-state index in [1.54, 1.807) is 11.3 Å². The topological polar surface area (TPSA) is 26.0 Å². The zero-order chi connectivity index (χ0) is 10.1. The summed E-state index contributed by atoms with van der Waals surface area (Å²) >= 11 is 5.29. The number of rotatable bonds is 3. The summed E-state index contributed by atoms with van der Waals surface area (Å²) in [5.74, 6) is 0.501. The van der Waals surface area contributed by atoms with E-state index in [-0.39, 0.29) is 5.54 Å². The Morgan fingerprint density at radius 1 is 1.62 bits per heavy atom. The first-order chi connectivity index (χ1) is 5.93. The van der Waals surface area contributed by atoms with Gasteiger partial charge in [0.15, 0.2) is 0 Å². The van der Waals surface area contributed by atoms with Gasteiger partial charge in [-0.15, -0.1) is 11.3 Å². The van der Waals surface area contributed by atoms with Crippen LogP contribution in [0.1, 0.15) is 25.6 Å². The van der Waals surface area contributed by atoms with Gasteiger partial charge >= 0.3 is 0 Å². The van der Waals surface area contributed by atoms with Gasteiger partial charge in [-0.1, -0.05) is 13.8 Å². The van der Waals surface area contributed by atoms with Gasteiger partial charge in [-0.2, -0.15) is 0 Å². The lowest BCUT2D eigenvalue weighted by molar-refractivity contribution is 0.339. The van der Waals surface area contributed by atoms with Gasteiger partial charge in [0.25, 0.3) is 0 Å². The molecule has 2 N–H and O–H groups in total. The normalized spacial score (nSPS) is 16.2. The van der Waals surface area contributed by atoms with Gasteiger partial charge < -0.3 is 5.73 Å². The van der Waals surface area contributed by atoms with E-state index in [1.165, 1.54) is 9.35 Å². The van der Waals surface area contributed by atoms with Crippen LogP contribution in [0.4, 0.5) is 0 Å². The van der Waals surface area contributed by atoms with Gasteiger partial charge in [0, 0.05) is 21.3 Å². The van der Waals surface area contributed by atoms with E-state index in [0.29, 0.717) is 5.92 Å². The predicted molar refractivity (Wildman–Crippen MR) is 63.2 cm³/mol. The number of halogens is 1. The first-order valence-corrected chi connectivity index (χ1v) is 6.11. The maximum atomic E-state index is 6.21. The molecule has 74 valence electrons. The van der Waals surface area contributed by atoms with Gasteiger partial charge in [-0.25, -0.2) is 0 Å². The van der Waals surface area contributed by atoms with E-state index in [9.17, 15) is 0 Å². The molecule has 1 unspecified atom stereocenters. The average Bonchev–Trinajstić information content (AvgIpc) is 2.35. The van der Waals surface area contributed by atoms with Crippen LogP contribution in [0.25, 0.3) is 0 Å². The average molecular weight is 262 g/mol. The van der Waals surface area contributed by atoms with Crippen LogP contribution in [0, 0.1) is 5.92 Å². The Labute approximate surface area is 92.5 Å². The molecule has 1 atom stereocenters. The van der Waals surface area contributed by atoms with Crippen molar-refractivity contribution in [2.75, 3.05) is 0 Å². The van der Waals surface area contributed by atoms with Crippen molar-refractivity contribution in [2.45, 2.75) is 32.7 Å². The monoisotopic (exact) mass is 261 g/mol. The van der Waals surface area contributed by atoms with Crippen molar-refractivity contribution in [1.29, 1.82) is 0 Å². The summed E-state index contributed by atoms with van der Waals surface area (Å²) in [7, 11) is 0. The molecule has 1 nitrogen and oxygen atoms in total. The number of thiophene rings is 1. The van der Waals surface area contributed by atoms with Crippen LogP contribution in [0.5, 0.6) is 0 Å². The third-order valence-electron chi connectivity index (χ3n) is 2.55. The number of hydrogen-bond donors (Lipinski definition) is 1. The van der Waals surface area contributed by atoms with E-state index < -0.39 is 0 Å². The second-order valence-corrected chi connectivity index (χ2v) is 5.88. The molecule has 1 rings (SSSR count). The molecular formula is C10H16BrNS. The second-order valence-electron chi connectivity index (χ2n) is 4.03. The molecule has 0 radical (unpaired) electrons. The van der Waals surface area contributed by atoms with Crippen LogP contribution < -0.4 is 5.73 Å². The molecule has 3 heteroatoms. The fraction of sp³-hybridized carbons (Fsp3) is 0.600. The number of hydrogen-bond acceptors (Lipinski definition) is 2. The Morgan fingerprint density at radius 2 is 2.23 bits per heavy atom. The van der Waals surface area contributed by atoms with Crippen LogP contribution in [0.2, 0.25) is 0 Å². The van der Waals surface area contributed by atoms with Gasteiger partial charge in [-0.3, -0.25) is 0 Å². The summed E-state index contributed by atoms with van der Waals surface area (Å²) < 4.78 is 1.19. The van der Waals surface area contributed by atoms with Crippen molar-refractivity contribution in [3.63, 3.8) is 0 Å². The van der Waals surface area contributed by atoms with Crippen LogP contribution in [-0.2, 0) is 6.42 Å². The summed E-state index contributed by atoms with van der Waals surface area (Å²) in [6, 6.07) is 2.08. The SMILES string of the molecule is CC(C)C(C)(N)Cc1sccc1Br. The molecule has 1 aromatic rings. The standard InChI is InChI=1S/C10H16BrNS/c1-7(2)10(3,12)6-9-8(11)4-5-13-9/h4-5,7H,6,12H2,1-3H3. The Bertz CT molecular complexity index is 278. The van der Waals surface area contributed by atoms with E-state index >= 15 is 0 Å². The van der Waals surface area contributed by atoms with Crippen molar-refractivity contribution in [3.8, 4) is 0 Å². The summed E-state index contributed by atoms with van der Waals surface area (Å²) in [6.45, 7) is 6.45. The molecule has 0 bridgehead atoms. The lowest BCUT2D eigenvalue weighted by Crippen LogP contribution is -2.43. The summed E-state index contributed by atoms with van der Waals surface area (Å²) in [4.78, 5) is 1.35. The molecule has 0 aliphatic rings. The quantitative estimate of drug-likeness (QED) is 0.887. The van der Waals surface area contributed by atoms with Crippen molar-refractivity contribution >= 4 is 27.3 Å². The van der Waals surface area contributed by atoms with Crippen LogP contribution in [0.3, 0.4) is 0 Å². The molecule has 0 fully saturated rings. The summed E-state index contributed by atoms with van der Waals surface area (Å²) in [6.07, 6.45) is 0.947. The van der Waals surface area contributed by atoms with Crippen LogP contribution in [-0.4, -0.2) is 5.54 Å². The molecule has 0 saturated carbocycles. The molecule has 0 saturated heterocycles. The Balaban J connectivity index is 2.74. The highest BCUT2D eigenvalue weighted by atomic mass is 79.9. The summed E-state index contributed by atoms with van der Waals surface area (Å²) in [5, 5.41) is 2.09. The van der Waals surface area contributed by atoms with Crippen LogP contribution in [0.15, 0.2) is 15.9 Å². The number of nitrogens with two attached hydrogens (primary N) is 1. The minimum absolute atomic E-state index is 0.104. The summed E-state index contributed by atoms with van der Waals surface area (Å²) in [5.41, 5.74) is 6.10. The first kappa shape index (κ1) is 11.2. The third kappa shape index (κ3) is 2.79. The van der Waals surface area contributed by atoms with Gasteiger partial charge in [0.1, 0.15) is 0 Å². The lowest BCUT2D eigenvalue weighted by Gasteiger charge is -2.28. The van der Waals surface area contributed by atoms with E-state index in [4.69, 9.17) is 5.73 Å². The van der Waals surface area contributed by atoms with Crippen molar-refractivity contribution in [1.82, 2.24) is 0 Å². The zero-order valence-corrected chi connectivity index (χ0v) is 10.7. The van der Waals surface area contributed by atoms with Crippen LogP contribution >= 0.6 is 27.3 Å². The third-order valence-corrected chi connectivity index (χ3v) is 4.48. The Hall–Kier alpha value is 0.140. The zero-order valence-electron chi connectivity index (χ0n) is 8.30. The molecular weight excluding hydrogens is 246 g/mol. The Kier molecular flexibility index (Phi) is 3.55. The highest BCUT2D eigenvalue weighted by molar-refractivity contribution is 9.10. The minimum Gasteiger partial charge on any atom is -0.325 e. The fourth-order valence-electron chi connectivity index (χ4n) is 1.00. The molecule has 1 heterocycles. The molecule has 0 spiro atoms. The largest absolute Gasteiger partial charge is 0.325 e. The fourth-order valence-corrected chi connectivity index (χ4v) is 2.67. The molecule has 13 heavy (non-hydrogen) atoms. The molecule has 0 aliphatic heterocycles. The van der Waals surface area contributed by atoms with Crippen molar-refractivity contribution in [2.24, 2.45) is 11.7 Å². The van der Waals surface area contributed by atoms with E-state index in [2.05, 4.69) is 48.1 Å². The maximum Gasteiger partial charge on any atom is 0.0315 e. The highest BCUT2D eigenvalue weighted by Crippen LogP contribution is 2.28. The maximum absolute atomic E-state index is 6.21. The first-order valence-electron chi connectivity index (χ1n) is 4.44. The Morgan fingerprint density at radius 3 is 2.62 bits per heavy atom. The molecule has 0 aromatic carbocycles. The van der Waals surface area contributed by atoms with E-state index in [0.717, 1.165) is 6.42 Å². The predicted octanol–water partition coefficient (Wildman–Crippen LogP) is 3.43. The van der Waals surface area contributed by atoms with E-state index in [1.807, 2.05) is 0 Å². The van der Waals surface area contributed by atoms with Gasteiger partial charge in [-0.05, 0) is 40.2 Å². The van der Waals surface area contributed by atoms with Gasteiger partial charge in [0.05, 0.1) is 0 Å². The lowest BCUT2D eigenvalue weighted by atomic mass is 9.86. The van der Waals surface area contributed by atoms with Gasteiger partial charge in [0.2, 0.25) is 0 Å². The van der Waals surface area contributed by atoms with Crippen molar-refractivity contribution < 1.29 is 0 Å². The molecule has 0 amide bonds. The molecule has 1 aromatic heterocycles. The smallest absolute Gasteiger partial charge is 0.0315 e. The highest BCUT2D eigenvalue weighted by Gasteiger charge is 2.24. The second kappa shape index (κ2) is 4.11.